The lowest BCUT2D eigenvalue weighted by molar-refractivity contribution is 0.646. The van der Waals surface area contributed by atoms with Crippen molar-refractivity contribution in [3.8, 4) is 0 Å². The van der Waals surface area contributed by atoms with Crippen LogP contribution in [-0.4, -0.2) is 19.6 Å². The third-order valence-corrected chi connectivity index (χ3v) is 5.05. The van der Waals surface area contributed by atoms with Gasteiger partial charge in [0, 0.05) is 35.2 Å². The smallest absolute Gasteiger partial charge is 0.0459 e. The van der Waals surface area contributed by atoms with Crippen molar-refractivity contribution >= 4 is 28.6 Å². The molecule has 0 saturated heterocycles. The second kappa shape index (κ2) is 7.83. The van der Waals surface area contributed by atoms with Gasteiger partial charge in [0.2, 0.25) is 0 Å². The van der Waals surface area contributed by atoms with E-state index in [9.17, 15) is 0 Å². The molecular weight excluding hydrogens is 300 g/mol. The predicted molar refractivity (Wildman–Crippen MR) is 94.7 cm³/mol. The summed E-state index contributed by atoms with van der Waals surface area (Å²) in [6.07, 6.45) is 2.88. The van der Waals surface area contributed by atoms with Gasteiger partial charge in [0.05, 0.1) is 0 Å². The van der Waals surface area contributed by atoms with Crippen LogP contribution >= 0.6 is 22.9 Å². The van der Waals surface area contributed by atoms with Gasteiger partial charge in [0.15, 0.2) is 0 Å². The van der Waals surface area contributed by atoms with E-state index in [4.69, 9.17) is 17.3 Å². The number of benzene rings is 1. The van der Waals surface area contributed by atoms with Gasteiger partial charge >= 0.3 is 0 Å². The molecule has 1 unspecified atom stereocenters. The van der Waals surface area contributed by atoms with E-state index >= 15 is 0 Å². The Morgan fingerprint density at radius 1 is 1.33 bits per heavy atom. The summed E-state index contributed by atoms with van der Waals surface area (Å²) in [5, 5.41) is 2.94. The van der Waals surface area contributed by atoms with Crippen molar-refractivity contribution in [1.82, 2.24) is 0 Å². The van der Waals surface area contributed by atoms with Gasteiger partial charge in [-0.2, -0.15) is 0 Å². The van der Waals surface area contributed by atoms with Gasteiger partial charge in [-0.15, -0.1) is 11.3 Å². The quantitative estimate of drug-likeness (QED) is 0.820. The van der Waals surface area contributed by atoms with E-state index in [0.717, 1.165) is 42.1 Å². The van der Waals surface area contributed by atoms with Gasteiger partial charge in [0.1, 0.15) is 0 Å². The number of nitrogens with zero attached hydrogens (tertiary/aromatic N) is 1. The predicted octanol–water partition coefficient (Wildman–Crippen LogP) is 4.36. The fourth-order valence-electron chi connectivity index (χ4n) is 2.23. The van der Waals surface area contributed by atoms with E-state index in [2.05, 4.69) is 48.5 Å². The Morgan fingerprint density at radius 3 is 2.76 bits per heavy atom. The molecule has 2 aromatic rings. The van der Waals surface area contributed by atoms with Crippen molar-refractivity contribution in [3.05, 3.63) is 51.2 Å². The summed E-state index contributed by atoms with van der Waals surface area (Å²) >= 11 is 8.20. The van der Waals surface area contributed by atoms with Gasteiger partial charge in [-0.1, -0.05) is 30.7 Å². The Hall–Kier alpha value is -1.03. The van der Waals surface area contributed by atoms with Crippen molar-refractivity contribution in [2.45, 2.75) is 32.2 Å². The summed E-state index contributed by atoms with van der Waals surface area (Å²) < 4.78 is 0. The van der Waals surface area contributed by atoms with Gasteiger partial charge in [-0.05, 0) is 48.4 Å². The Labute approximate surface area is 136 Å². The van der Waals surface area contributed by atoms with Crippen molar-refractivity contribution in [1.29, 1.82) is 0 Å². The van der Waals surface area contributed by atoms with Gasteiger partial charge < -0.3 is 10.6 Å². The van der Waals surface area contributed by atoms with Crippen LogP contribution in [0.1, 0.15) is 23.8 Å². The summed E-state index contributed by atoms with van der Waals surface area (Å²) in [4.78, 5) is 3.66. The van der Waals surface area contributed by atoms with Gasteiger partial charge in [-0.25, -0.2) is 0 Å². The van der Waals surface area contributed by atoms with Crippen LogP contribution in [-0.2, 0) is 12.8 Å². The summed E-state index contributed by atoms with van der Waals surface area (Å²) in [5.41, 5.74) is 8.30. The van der Waals surface area contributed by atoms with Crippen LogP contribution in [0.3, 0.4) is 0 Å². The zero-order valence-electron chi connectivity index (χ0n) is 12.7. The van der Waals surface area contributed by atoms with Crippen molar-refractivity contribution in [2.75, 3.05) is 18.5 Å². The molecule has 0 fully saturated rings. The minimum atomic E-state index is 0.185. The minimum absolute atomic E-state index is 0.185. The van der Waals surface area contributed by atoms with E-state index < -0.39 is 0 Å². The molecule has 4 heteroatoms. The zero-order valence-corrected chi connectivity index (χ0v) is 14.3. The highest BCUT2D eigenvalue weighted by molar-refractivity contribution is 7.09. The second-order valence-corrected chi connectivity index (χ2v) is 6.84. The number of hydrogen-bond acceptors (Lipinski definition) is 3. The Morgan fingerprint density at radius 2 is 2.14 bits per heavy atom. The highest BCUT2D eigenvalue weighted by Crippen LogP contribution is 2.24. The molecule has 2 N–H and O–H groups in total. The first-order chi connectivity index (χ1) is 10.1. The first-order valence-electron chi connectivity index (χ1n) is 7.37. The summed E-state index contributed by atoms with van der Waals surface area (Å²) in [6.45, 7) is 3.09. The molecule has 0 aliphatic heterocycles. The van der Waals surface area contributed by atoms with Crippen LogP contribution in [0.15, 0.2) is 35.7 Å². The van der Waals surface area contributed by atoms with Crippen LogP contribution in [0.5, 0.6) is 0 Å². The van der Waals surface area contributed by atoms with E-state index in [0.29, 0.717) is 0 Å². The molecule has 1 heterocycles. The molecule has 21 heavy (non-hydrogen) atoms. The van der Waals surface area contributed by atoms with E-state index in [1.165, 1.54) is 4.88 Å². The third kappa shape index (κ3) is 4.73. The average Bonchev–Trinajstić information content (AvgIpc) is 3.00. The largest absolute Gasteiger partial charge is 0.374 e. The van der Waals surface area contributed by atoms with E-state index in [1.54, 1.807) is 0 Å². The fraction of sp³-hybridized carbons (Fsp3) is 0.412. The molecule has 2 rings (SSSR count). The first kappa shape index (κ1) is 16.3. The highest BCUT2D eigenvalue weighted by Gasteiger charge is 2.09. The molecule has 1 atom stereocenters. The summed E-state index contributed by atoms with van der Waals surface area (Å²) in [6, 6.07) is 10.8. The minimum Gasteiger partial charge on any atom is -0.374 e. The average molecular weight is 323 g/mol. The first-order valence-corrected chi connectivity index (χ1v) is 8.63. The zero-order chi connectivity index (χ0) is 15.2. The second-order valence-electron chi connectivity index (χ2n) is 5.40. The maximum atomic E-state index is 6.39. The molecule has 0 radical (unpaired) electrons. The van der Waals surface area contributed by atoms with Crippen molar-refractivity contribution in [2.24, 2.45) is 5.73 Å². The monoisotopic (exact) mass is 322 g/mol. The Kier molecular flexibility index (Phi) is 6.09. The highest BCUT2D eigenvalue weighted by atomic mass is 35.5. The molecule has 1 aromatic carbocycles. The number of nitrogens with two attached hydrogens (primary N) is 1. The number of halogens is 1. The Balaban J connectivity index is 1.98. The molecule has 0 amide bonds. The molecule has 0 spiro atoms. The number of anilines is 1. The van der Waals surface area contributed by atoms with E-state index in [1.807, 2.05) is 17.4 Å². The molecular formula is C17H23ClN2S. The standard InChI is InChI=1S/C17H23ClN2S/c1-3-14(19)11-13-6-7-15(12-17(13)18)20(2)9-8-16-5-4-10-21-16/h4-7,10,12,14H,3,8-9,11,19H2,1-2H3. The van der Waals surface area contributed by atoms with Gasteiger partial charge in [0.25, 0.3) is 0 Å². The van der Waals surface area contributed by atoms with Crippen molar-refractivity contribution in [3.63, 3.8) is 0 Å². The normalized spacial score (nSPS) is 12.4. The molecule has 2 nitrogen and oxygen atoms in total. The number of thiophene rings is 1. The SMILES string of the molecule is CCC(N)Cc1ccc(N(C)CCc2cccs2)cc1Cl. The van der Waals surface area contributed by atoms with E-state index in [-0.39, 0.29) is 6.04 Å². The molecule has 0 aliphatic carbocycles. The maximum absolute atomic E-state index is 6.39. The fourth-order valence-corrected chi connectivity index (χ4v) is 3.18. The van der Waals surface area contributed by atoms with Crippen LogP contribution in [0.2, 0.25) is 5.02 Å². The molecule has 0 bridgehead atoms. The molecule has 0 saturated carbocycles. The van der Waals surface area contributed by atoms with Crippen LogP contribution in [0.4, 0.5) is 5.69 Å². The van der Waals surface area contributed by atoms with Gasteiger partial charge in [-0.3, -0.25) is 0 Å². The molecule has 0 aliphatic rings. The number of likely N-dealkylation sites (N-methyl/N-ethyl adjacent to an activating group) is 1. The van der Waals surface area contributed by atoms with Crippen molar-refractivity contribution < 1.29 is 0 Å². The third-order valence-electron chi connectivity index (χ3n) is 3.76. The molecule has 1 aromatic heterocycles. The van der Waals surface area contributed by atoms with Crippen LogP contribution in [0, 0.1) is 0 Å². The maximum Gasteiger partial charge on any atom is 0.0459 e. The molecule has 114 valence electrons. The lowest BCUT2D eigenvalue weighted by Crippen LogP contribution is -2.22. The number of hydrogen-bond donors (Lipinski definition) is 1. The summed E-state index contributed by atoms with van der Waals surface area (Å²) in [5.74, 6) is 0. The summed E-state index contributed by atoms with van der Waals surface area (Å²) in [7, 11) is 2.11. The van der Waals surface area contributed by atoms with Crippen LogP contribution in [0.25, 0.3) is 0 Å². The van der Waals surface area contributed by atoms with Crippen LogP contribution < -0.4 is 10.6 Å². The lowest BCUT2D eigenvalue weighted by Gasteiger charge is -2.20. The Bertz CT molecular complexity index is 554. The number of rotatable bonds is 7. The lowest BCUT2D eigenvalue weighted by atomic mass is 10.0. The topological polar surface area (TPSA) is 29.3 Å².